The number of aliphatic hydroxyl groups excluding tert-OH is 1. The molecule has 0 spiro atoms. The number of rotatable bonds is 14. The molecule has 0 unspecified atom stereocenters. The molecule has 0 aliphatic carbocycles. The van der Waals surface area contributed by atoms with Crippen molar-refractivity contribution in [3.63, 3.8) is 0 Å². The van der Waals surface area contributed by atoms with Crippen LogP contribution in [-0.4, -0.2) is 56.4 Å². The van der Waals surface area contributed by atoms with Crippen molar-refractivity contribution in [2.45, 2.75) is 63.8 Å². The lowest BCUT2D eigenvalue weighted by atomic mass is 9.87. The number of benzene rings is 3. The Morgan fingerprint density at radius 2 is 1.60 bits per heavy atom. The molecule has 2 amide bonds. The predicted molar refractivity (Wildman–Crippen MR) is 164 cm³/mol. The first-order valence-corrected chi connectivity index (χ1v) is 14.6. The Hall–Kier alpha value is -4.37. The lowest BCUT2D eigenvalue weighted by Crippen LogP contribution is -2.47. The second kappa shape index (κ2) is 14.7. The van der Waals surface area contributed by atoms with Crippen LogP contribution in [0.25, 0.3) is 11.0 Å². The Balaban J connectivity index is 1.48. The van der Waals surface area contributed by atoms with Gasteiger partial charge in [0.05, 0.1) is 29.4 Å². The number of nitrogens with zero attached hydrogens (tertiary/aromatic N) is 2. The Bertz CT molecular complexity index is 1490. The van der Waals surface area contributed by atoms with Crippen LogP contribution in [0.2, 0.25) is 0 Å². The molecule has 0 aliphatic heterocycles. The third kappa shape index (κ3) is 9.85. The number of nitrogens with one attached hydrogen (secondary N) is 2. The van der Waals surface area contributed by atoms with Crippen molar-refractivity contribution in [3.05, 3.63) is 102 Å². The number of carbonyl (C=O) groups excluding carboxylic acids is 2. The van der Waals surface area contributed by atoms with Crippen molar-refractivity contribution in [3.8, 4) is 5.75 Å². The molecule has 8 nitrogen and oxygen atoms in total. The van der Waals surface area contributed by atoms with Crippen LogP contribution in [0.3, 0.4) is 0 Å². The van der Waals surface area contributed by atoms with Crippen LogP contribution >= 0.6 is 0 Å². The summed E-state index contributed by atoms with van der Waals surface area (Å²) in [5.41, 5.74) is 1.72. The largest absolute Gasteiger partial charge is 0.508 e. The summed E-state index contributed by atoms with van der Waals surface area (Å²) in [6.07, 6.45) is 1.56. The number of phenolic OH excluding ortho intramolecular Hbond substituents is 1. The van der Waals surface area contributed by atoms with Gasteiger partial charge in [-0.25, -0.2) is 9.37 Å². The Kier molecular flexibility index (Phi) is 10.8. The van der Waals surface area contributed by atoms with E-state index in [1.807, 2.05) is 42.5 Å². The molecule has 0 saturated heterocycles. The summed E-state index contributed by atoms with van der Waals surface area (Å²) in [4.78, 5) is 35.4. The monoisotopic (exact) mass is 586 g/mol. The van der Waals surface area contributed by atoms with Crippen molar-refractivity contribution in [1.82, 2.24) is 20.6 Å². The van der Waals surface area contributed by atoms with Gasteiger partial charge in [-0.2, -0.15) is 0 Å². The van der Waals surface area contributed by atoms with Crippen molar-refractivity contribution in [2.24, 2.45) is 5.92 Å². The van der Waals surface area contributed by atoms with Gasteiger partial charge >= 0.3 is 0 Å². The van der Waals surface area contributed by atoms with E-state index in [4.69, 9.17) is 0 Å². The van der Waals surface area contributed by atoms with Crippen LogP contribution in [0.5, 0.6) is 5.75 Å². The molecule has 9 heteroatoms. The highest BCUT2D eigenvalue weighted by molar-refractivity contribution is 5.94. The molecule has 4 aromatic rings. The number of aromatic nitrogens is 2. The van der Waals surface area contributed by atoms with E-state index in [-0.39, 0.29) is 36.6 Å². The van der Waals surface area contributed by atoms with E-state index in [2.05, 4.69) is 20.6 Å². The Morgan fingerprint density at radius 3 is 2.30 bits per heavy atom. The van der Waals surface area contributed by atoms with Crippen LogP contribution in [0.4, 0.5) is 4.39 Å². The van der Waals surface area contributed by atoms with Crippen LogP contribution in [0.1, 0.15) is 54.7 Å². The van der Waals surface area contributed by atoms with Gasteiger partial charge in [-0.15, -0.1) is 0 Å². The van der Waals surface area contributed by atoms with Gasteiger partial charge in [0.1, 0.15) is 17.1 Å². The molecule has 1 aromatic heterocycles. The zero-order valence-electron chi connectivity index (χ0n) is 24.5. The zero-order chi connectivity index (χ0) is 30.8. The number of hydrogen-bond acceptors (Lipinski definition) is 6. The number of phenols is 1. The quantitative estimate of drug-likeness (QED) is 0.166. The van der Waals surface area contributed by atoms with Gasteiger partial charge in [-0.05, 0) is 81.3 Å². The van der Waals surface area contributed by atoms with Crippen molar-refractivity contribution in [1.29, 1.82) is 0 Å². The van der Waals surface area contributed by atoms with Crippen LogP contribution in [-0.2, 0) is 17.6 Å². The van der Waals surface area contributed by atoms with Gasteiger partial charge in [0.25, 0.3) is 5.91 Å². The number of aliphatic hydroxyl groups is 1. The number of para-hydroxylation sites is 2. The number of hydrogen-bond donors (Lipinski definition) is 4. The molecule has 43 heavy (non-hydrogen) atoms. The van der Waals surface area contributed by atoms with Gasteiger partial charge < -0.3 is 20.8 Å². The summed E-state index contributed by atoms with van der Waals surface area (Å²) in [5, 5.41) is 26.8. The minimum Gasteiger partial charge on any atom is -0.508 e. The first-order valence-electron chi connectivity index (χ1n) is 14.6. The van der Waals surface area contributed by atoms with Crippen molar-refractivity contribution < 1.29 is 24.2 Å². The minimum atomic E-state index is -1.48. The first-order chi connectivity index (χ1) is 20.6. The van der Waals surface area contributed by atoms with E-state index < -0.39 is 29.6 Å². The maximum Gasteiger partial charge on any atom is 0.271 e. The maximum absolute atomic E-state index is 14.5. The smallest absolute Gasteiger partial charge is 0.271 e. The molecule has 4 rings (SSSR count). The third-order valence-corrected chi connectivity index (χ3v) is 7.39. The fourth-order valence-electron chi connectivity index (χ4n) is 4.93. The fourth-order valence-corrected chi connectivity index (χ4v) is 4.93. The summed E-state index contributed by atoms with van der Waals surface area (Å²) in [5.74, 6) is -1.29. The normalized spacial score (nSPS) is 13.7. The fraction of sp³-hybridized carbons (Fsp3) is 0.353. The predicted octanol–water partition coefficient (Wildman–Crippen LogP) is 4.93. The molecule has 0 bridgehead atoms. The first kappa shape index (κ1) is 31.6. The molecule has 1 heterocycles. The van der Waals surface area contributed by atoms with E-state index in [9.17, 15) is 24.2 Å². The SMILES string of the molecule is CC(C)(F)CC[C@H](C[C@H](O)[C@H](Cc1ccccc1)NC(=O)c1cnc2ccccc2n1)C(=O)NCCc1ccc(O)cc1. The number of halogens is 1. The second-order valence-electron chi connectivity index (χ2n) is 11.5. The Labute approximate surface area is 251 Å². The van der Waals surface area contributed by atoms with Crippen molar-refractivity contribution in [2.75, 3.05) is 6.54 Å². The lowest BCUT2D eigenvalue weighted by molar-refractivity contribution is -0.126. The van der Waals surface area contributed by atoms with Gasteiger partial charge in [-0.3, -0.25) is 14.6 Å². The highest BCUT2D eigenvalue weighted by Gasteiger charge is 2.30. The zero-order valence-corrected chi connectivity index (χ0v) is 24.5. The average molecular weight is 587 g/mol. The Morgan fingerprint density at radius 1 is 0.930 bits per heavy atom. The van der Waals surface area contributed by atoms with E-state index in [0.29, 0.717) is 30.4 Å². The standard InChI is InChI=1S/C34H39FN4O4/c1-34(2,35)18-16-25(32(42)36-19-17-23-12-14-26(40)15-13-23)21-31(41)29(20-24-8-4-3-5-9-24)39-33(43)30-22-37-27-10-6-7-11-28(27)38-30/h3-15,22,25,29,31,40-41H,16-21H2,1-2H3,(H,36,42)(H,39,43)/t25-,29+,31+/m1/s1. The van der Waals surface area contributed by atoms with E-state index in [1.165, 1.54) is 20.0 Å². The minimum absolute atomic E-state index is 0.0301. The van der Waals surface area contributed by atoms with Crippen LogP contribution in [0, 0.1) is 5.92 Å². The van der Waals surface area contributed by atoms with Gasteiger partial charge in [0.15, 0.2) is 0 Å². The summed E-state index contributed by atoms with van der Waals surface area (Å²) in [6.45, 7) is 3.28. The van der Waals surface area contributed by atoms with Gasteiger partial charge in [0.2, 0.25) is 5.91 Å². The molecular weight excluding hydrogens is 547 g/mol. The number of aromatic hydroxyl groups is 1. The molecule has 0 radical (unpaired) electrons. The molecule has 3 atom stereocenters. The number of carbonyl (C=O) groups is 2. The molecule has 4 N–H and O–H groups in total. The summed E-state index contributed by atoms with van der Waals surface area (Å²) < 4.78 is 14.5. The summed E-state index contributed by atoms with van der Waals surface area (Å²) >= 11 is 0. The maximum atomic E-state index is 14.5. The summed E-state index contributed by atoms with van der Waals surface area (Å²) in [7, 11) is 0. The average Bonchev–Trinajstić information content (AvgIpc) is 2.99. The molecule has 226 valence electrons. The van der Waals surface area contributed by atoms with Crippen LogP contribution < -0.4 is 10.6 Å². The number of alkyl halides is 1. The van der Waals surface area contributed by atoms with Gasteiger partial charge in [-0.1, -0.05) is 54.6 Å². The number of fused-ring (bicyclic) bond motifs is 1. The molecule has 0 fully saturated rings. The van der Waals surface area contributed by atoms with E-state index in [1.54, 1.807) is 36.4 Å². The molecule has 0 saturated carbocycles. The molecule has 0 aliphatic rings. The second-order valence-corrected chi connectivity index (χ2v) is 11.5. The topological polar surface area (TPSA) is 124 Å². The molecule has 3 aromatic carbocycles. The molecular formula is C34H39FN4O4. The lowest BCUT2D eigenvalue weighted by Gasteiger charge is -2.28. The van der Waals surface area contributed by atoms with Crippen molar-refractivity contribution >= 4 is 22.8 Å². The number of amides is 2. The third-order valence-electron chi connectivity index (χ3n) is 7.39. The highest BCUT2D eigenvalue weighted by Crippen LogP contribution is 2.25. The van der Waals surface area contributed by atoms with Crippen LogP contribution in [0.15, 0.2) is 85.1 Å². The van der Waals surface area contributed by atoms with E-state index >= 15 is 0 Å². The summed E-state index contributed by atoms with van der Waals surface area (Å²) in [6, 6.07) is 22.7. The highest BCUT2D eigenvalue weighted by atomic mass is 19.1. The van der Waals surface area contributed by atoms with Gasteiger partial charge in [0, 0.05) is 12.5 Å². The van der Waals surface area contributed by atoms with E-state index in [0.717, 1.165) is 11.1 Å².